The van der Waals surface area contributed by atoms with Crippen molar-refractivity contribution in [2.75, 3.05) is 0 Å². The predicted molar refractivity (Wildman–Crippen MR) is 102 cm³/mol. The van der Waals surface area contributed by atoms with E-state index in [1.54, 1.807) is 65.4 Å². The maximum absolute atomic E-state index is 14.0. The Hall–Kier alpha value is -3.38. The van der Waals surface area contributed by atoms with Gasteiger partial charge in [-0.3, -0.25) is 4.79 Å². The molecular formula is C20H13ClFN3O2. The summed E-state index contributed by atoms with van der Waals surface area (Å²) < 4.78 is 21.1. The van der Waals surface area contributed by atoms with Gasteiger partial charge in [0.05, 0.1) is 17.6 Å². The fraction of sp³-hybridized carbons (Fsp3) is 0. The Morgan fingerprint density at radius 1 is 1.15 bits per heavy atom. The van der Waals surface area contributed by atoms with Crippen molar-refractivity contribution in [1.29, 1.82) is 0 Å². The topological polar surface area (TPSA) is 59.5 Å². The molecule has 4 aromatic rings. The zero-order chi connectivity index (χ0) is 18.8. The minimum atomic E-state index is -0.498. The zero-order valence-corrected chi connectivity index (χ0v) is 14.7. The summed E-state index contributed by atoms with van der Waals surface area (Å²) in [5, 5.41) is 5.22. The molecule has 1 N–H and O–H groups in total. The first-order valence-corrected chi connectivity index (χ1v) is 8.44. The first-order chi connectivity index (χ1) is 13.1. The maximum Gasteiger partial charge on any atom is 0.307 e. The lowest BCUT2D eigenvalue weighted by Gasteiger charge is -2.07. The van der Waals surface area contributed by atoms with Crippen LogP contribution in [0.25, 0.3) is 16.7 Å². The van der Waals surface area contributed by atoms with Gasteiger partial charge in [0, 0.05) is 16.6 Å². The number of amides is 1. The summed E-state index contributed by atoms with van der Waals surface area (Å²) in [6, 6.07) is 16.6. The molecule has 2 aromatic heterocycles. The number of fused-ring (bicyclic) bond motifs is 1. The predicted octanol–water partition coefficient (Wildman–Crippen LogP) is 4.78. The van der Waals surface area contributed by atoms with Gasteiger partial charge in [0.15, 0.2) is 5.76 Å². The highest BCUT2D eigenvalue weighted by Crippen LogP contribution is 2.23. The molecule has 2 aromatic carbocycles. The van der Waals surface area contributed by atoms with E-state index in [0.29, 0.717) is 22.0 Å². The molecular weight excluding hydrogens is 369 g/mol. The molecule has 0 bridgehead atoms. The molecule has 0 radical (unpaired) electrons. The number of nitrogens with one attached hydrogen (secondary N) is 1. The van der Waals surface area contributed by atoms with Gasteiger partial charge in [0.25, 0.3) is 0 Å². The van der Waals surface area contributed by atoms with Gasteiger partial charge in [0.1, 0.15) is 11.4 Å². The van der Waals surface area contributed by atoms with Crippen molar-refractivity contribution < 1.29 is 13.6 Å². The number of para-hydroxylation sites is 1. The SMILES string of the molecule is O=C(NN=Cc1cccn1-c1ccccc1F)c1cc2cc(Cl)ccc2o1. The number of carbonyl (C=O) groups is 1. The van der Waals surface area contributed by atoms with E-state index in [9.17, 15) is 9.18 Å². The Morgan fingerprint density at radius 3 is 2.85 bits per heavy atom. The minimum absolute atomic E-state index is 0.119. The standard InChI is InChI=1S/C20H13ClFN3O2/c21-14-7-8-18-13(10-14)11-19(27-18)20(26)24-23-12-15-4-3-9-25(15)17-6-2-1-5-16(17)22/h1-12H,(H,24,26). The van der Waals surface area contributed by atoms with Crippen LogP contribution in [0.1, 0.15) is 16.2 Å². The second kappa shape index (κ2) is 7.09. The van der Waals surface area contributed by atoms with E-state index in [1.165, 1.54) is 12.3 Å². The van der Waals surface area contributed by atoms with E-state index in [0.717, 1.165) is 5.39 Å². The number of halogens is 2. The Kier molecular flexibility index (Phi) is 4.48. The maximum atomic E-state index is 14.0. The van der Waals surface area contributed by atoms with E-state index < -0.39 is 5.91 Å². The first kappa shape index (κ1) is 17.1. The first-order valence-electron chi connectivity index (χ1n) is 8.06. The molecule has 0 saturated heterocycles. The van der Waals surface area contributed by atoms with Crippen LogP contribution < -0.4 is 5.43 Å². The molecule has 0 fully saturated rings. The van der Waals surface area contributed by atoms with Crippen LogP contribution in [0, 0.1) is 5.82 Å². The molecule has 0 aliphatic heterocycles. The number of rotatable bonds is 4. The summed E-state index contributed by atoms with van der Waals surface area (Å²) in [4.78, 5) is 12.2. The van der Waals surface area contributed by atoms with Gasteiger partial charge in [-0.2, -0.15) is 5.10 Å². The lowest BCUT2D eigenvalue weighted by atomic mass is 10.2. The molecule has 0 unspecified atom stereocenters. The average molecular weight is 382 g/mol. The summed E-state index contributed by atoms with van der Waals surface area (Å²) in [5.74, 6) is -0.732. The lowest BCUT2D eigenvalue weighted by Crippen LogP contribution is -2.17. The van der Waals surface area contributed by atoms with Crippen LogP contribution in [0.3, 0.4) is 0 Å². The summed E-state index contributed by atoms with van der Waals surface area (Å²) >= 11 is 5.93. The highest BCUT2D eigenvalue weighted by molar-refractivity contribution is 6.31. The van der Waals surface area contributed by atoms with Gasteiger partial charge >= 0.3 is 5.91 Å². The van der Waals surface area contributed by atoms with E-state index in [4.69, 9.17) is 16.0 Å². The van der Waals surface area contributed by atoms with E-state index in [2.05, 4.69) is 10.5 Å². The van der Waals surface area contributed by atoms with Gasteiger partial charge < -0.3 is 8.98 Å². The molecule has 0 aliphatic carbocycles. The van der Waals surface area contributed by atoms with Crippen LogP contribution >= 0.6 is 11.6 Å². The molecule has 0 saturated carbocycles. The third kappa shape index (κ3) is 3.47. The van der Waals surface area contributed by atoms with Crippen molar-refractivity contribution in [2.24, 2.45) is 5.10 Å². The number of carbonyl (C=O) groups excluding carboxylic acids is 1. The monoisotopic (exact) mass is 381 g/mol. The van der Waals surface area contributed by atoms with Crippen LogP contribution in [0.2, 0.25) is 5.02 Å². The molecule has 5 nitrogen and oxygen atoms in total. The van der Waals surface area contributed by atoms with Crippen LogP contribution in [-0.2, 0) is 0 Å². The van der Waals surface area contributed by atoms with Gasteiger partial charge in [-0.25, -0.2) is 9.82 Å². The van der Waals surface area contributed by atoms with Crippen molar-refractivity contribution in [2.45, 2.75) is 0 Å². The Bertz CT molecular complexity index is 1160. The molecule has 0 aliphatic rings. The molecule has 2 heterocycles. The van der Waals surface area contributed by atoms with Crippen molar-refractivity contribution >= 4 is 34.7 Å². The Morgan fingerprint density at radius 2 is 2.00 bits per heavy atom. The minimum Gasteiger partial charge on any atom is -0.451 e. The van der Waals surface area contributed by atoms with E-state index in [-0.39, 0.29) is 11.6 Å². The molecule has 134 valence electrons. The zero-order valence-electron chi connectivity index (χ0n) is 13.9. The molecule has 0 atom stereocenters. The van der Waals surface area contributed by atoms with Crippen molar-refractivity contribution in [3.05, 3.63) is 89.2 Å². The third-order valence-electron chi connectivity index (χ3n) is 3.96. The number of hydrogen-bond donors (Lipinski definition) is 1. The molecule has 1 amide bonds. The molecule has 7 heteroatoms. The number of hydrazone groups is 1. The molecule has 27 heavy (non-hydrogen) atoms. The quantitative estimate of drug-likeness (QED) is 0.408. The molecule has 4 rings (SSSR count). The number of hydrogen-bond acceptors (Lipinski definition) is 3. The number of benzene rings is 2. The number of nitrogens with zero attached hydrogens (tertiary/aromatic N) is 2. The average Bonchev–Trinajstić information content (AvgIpc) is 3.28. The fourth-order valence-corrected chi connectivity index (χ4v) is 2.88. The van der Waals surface area contributed by atoms with Crippen molar-refractivity contribution in [1.82, 2.24) is 9.99 Å². The van der Waals surface area contributed by atoms with E-state index >= 15 is 0 Å². The van der Waals surface area contributed by atoms with Gasteiger partial charge in [-0.1, -0.05) is 23.7 Å². The highest BCUT2D eigenvalue weighted by Gasteiger charge is 2.12. The Labute approximate surface area is 158 Å². The van der Waals surface area contributed by atoms with E-state index in [1.807, 2.05) is 0 Å². The van der Waals surface area contributed by atoms with Crippen LogP contribution in [0.5, 0.6) is 0 Å². The highest BCUT2D eigenvalue weighted by atomic mass is 35.5. The second-order valence-electron chi connectivity index (χ2n) is 5.75. The van der Waals surface area contributed by atoms with Gasteiger partial charge in [-0.05, 0) is 48.5 Å². The number of furan rings is 1. The molecule has 0 spiro atoms. The van der Waals surface area contributed by atoms with Crippen LogP contribution in [0.15, 0.2) is 76.4 Å². The second-order valence-corrected chi connectivity index (χ2v) is 6.18. The van der Waals surface area contributed by atoms with Gasteiger partial charge in [0.2, 0.25) is 0 Å². The smallest absolute Gasteiger partial charge is 0.307 e. The summed E-state index contributed by atoms with van der Waals surface area (Å²) in [7, 11) is 0. The van der Waals surface area contributed by atoms with Gasteiger partial charge in [-0.15, -0.1) is 0 Å². The van der Waals surface area contributed by atoms with Crippen molar-refractivity contribution in [3.63, 3.8) is 0 Å². The number of aromatic nitrogens is 1. The van der Waals surface area contributed by atoms with Crippen LogP contribution in [0.4, 0.5) is 4.39 Å². The third-order valence-corrected chi connectivity index (χ3v) is 4.19. The summed E-state index contributed by atoms with van der Waals surface area (Å²) in [6.07, 6.45) is 3.15. The largest absolute Gasteiger partial charge is 0.451 e. The lowest BCUT2D eigenvalue weighted by molar-refractivity contribution is 0.0929. The fourth-order valence-electron chi connectivity index (χ4n) is 2.70. The summed E-state index contributed by atoms with van der Waals surface area (Å²) in [5.41, 5.74) is 3.96. The summed E-state index contributed by atoms with van der Waals surface area (Å²) in [6.45, 7) is 0. The normalized spacial score (nSPS) is 11.3. The van der Waals surface area contributed by atoms with Crippen molar-refractivity contribution in [3.8, 4) is 5.69 Å². The van der Waals surface area contributed by atoms with Crippen LogP contribution in [-0.4, -0.2) is 16.7 Å². The Balaban J connectivity index is 1.52.